The number of nitrogens with zero attached hydrogens (tertiary/aromatic N) is 2. The molecule has 0 amide bonds. The van der Waals surface area contributed by atoms with E-state index >= 15 is 0 Å². The van der Waals surface area contributed by atoms with Crippen molar-refractivity contribution in [2.24, 2.45) is 0 Å². The van der Waals surface area contributed by atoms with Crippen LogP contribution in [0.25, 0.3) is 0 Å². The molecule has 25 heavy (non-hydrogen) atoms. The third-order valence-electron chi connectivity index (χ3n) is 4.97. The van der Waals surface area contributed by atoms with E-state index < -0.39 is 0 Å². The van der Waals surface area contributed by atoms with Gasteiger partial charge in [0.25, 0.3) is 0 Å². The maximum Gasteiger partial charge on any atom is 0.0506 e. The first-order chi connectivity index (χ1) is 12.3. The van der Waals surface area contributed by atoms with E-state index in [-0.39, 0.29) is 0 Å². The van der Waals surface area contributed by atoms with Crippen molar-refractivity contribution in [3.8, 4) is 0 Å². The largest absolute Gasteiger partial charge is 0.381 e. The molecule has 0 aromatic heterocycles. The topological polar surface area (TPSA) is 15.7 Å². The molecule has 0 unspecified atom stereocenters. The minimum Gasteiger partial charge on any atom is -0.381 e. The summed E-state index contributed by atoms with van der Waals surface area (Å²) >= 11 is 0. The number of benzene rings is 2. The molecule has 1 heterocycles. The number of para-hydroxylation sites is 1. The summed E-state index contributed by atoms with van der Waals surface area (Å²) in [5.74, 6) is 0. The minimum atomic E-state index is 0.824. The second-order valence-electron chi connectivity index (χ2n) is 6.82. The number of piperazine rings is 1. The maximum absolute atomic E-state index is 5.80. The van der Waals surface area contributed by atoms with Gasteiger partial charge in [-0.25, -0.2) is 0 Å². The number of hydrogen-bond donors (Lipinski definition) is 0. The molecule has 3 rings (SSSR count). The first kappa shape index (κ1) is 18.0. The van der Waals surface area contributed by atoms with Gasteiger partial charge in [-0.05, 0) is 37.0 Å². The van der Waals surface area contributed by atoms with Crippen LogP contribution in [-0.2, 0) is 11.2 Å². The van der Waals surface area contributed by atoms with Crippen LogP contribution in [0.5, 0.6) is 0 Å². The van der Waals surface area contributed by atoms with Crippen LogP contribution in [0.1, 0.15) is 17.5 Å². The van der Waals surface area contributed by atoms with Crippen LogP contribution in [0.2, 0.25) is 0 Å². The van der Waals surface area contributed by atoms with Crippen LogP contribution in [-0.4, -0.2) is 50.8 Å². The summed E-state index contributed by atoms with van der Waals surface area (Å²) in [5, 5.41) is 0. The van der Waals surface area contributed by atoms with E-state index in [4.69, 9.17) is 4.74 Å². The zero-order valence-corrected chi connectivity index (χ0v) is 15.4. The second kappa shape index (κ2) is 9.59. The molecule has 3 heteroatoms. The molecule has 0 atom stereocenters. The van der Waals surface area contributed by atoms with Crippen LogP contribution in [0.15, 0.2) is 54.6 Å². The van der Waals surface area contributed by atoms with E-state index in [9.17, 15) is 0 Å². The van der Waals surface area contributed by atoms with Gasteiger partial charge >= 0.3 is 0 Å². The number of rotatable bonds is 8. The van der Waals surface area contributed by atoms with E-state index in [0.29, 0.717) is 0 Å². The van der Waals surface area contributed by atoms with Gasteiger partial charge in [-0.1, -0.05) is 48.5 Å². The first-order valence-electron chi connectivity index (χ1n) is 9.47. The van der Waals surface area contributed by atoms with Crippen molar-refractivity contribution in [1.29, 1.82) is 0 Å². The Morgan fingerprint density at radius 1 is 0.840 bits per heavy atom. The van der Waals surface area contributed by atoms with Crippen molar-refractivity contribution in [1.82, 2.24) is 4.90 Å². The maximum atomic E-state index is 5.80. The van der Waals surface area contributed by atoms with Gasteiger partial charge in [0.05, 0.1) is 6.61 Å². The highest BCUT2D eigenvalue weighted by Gasteiger charge is 2.17. The molecule has 0 saturated carbocycles. The predicted molar refractivity (Wildman–Crippen MR) is 105 cm³/mol. The fourth-order valence-corrected chi connectivity index (χ4v) is 3.46. The lowest BCUT2D eigenvalue weighted by Crippen LogP contribution is -2.47. The van der Waals surface area contributed by atoms with Gasteiger partial charge in [-0.3, -0.25) is 4.90 Å². The van der Waals surface area contributed by atoms with E-state index in [1.54, 1.807) is 0 Å². The molecular weight excluding hydrogens is 308 g/mol. The van der Waals surface area contributed by atoms with E-state index in [1.807, 2.05) is 0 Å². The summed E-state index contributed by atoms with van der Waals surface area (Å²) in [6.07, 6.45) is 2.13. The van der Waals surface area contributed by atoms with Crippen molar-refractivity contribution in [3.63, 3.8) is 0 Å². The molecule has 0 aliphatic carbocycles. The average Bonchev–Trinajstić information content (AvgIpc) is 2.66. The predicted octanol–water partition coefficient (Wildman–Crippen LogP) is 3.77. The summed E-state index contributed by atoms with van der Waals surface area (Å²) in [5.41, 5.74) is 4.13. The first-order valence-corrected chi connectivity index (χ1v) is 9.47. The fourth-order valence-electron chi connectivity index (χ4n) is 3.46. The van der Waals surface area contributed by atoms with Crippen molar-refractivity contribution in [2.75, 3.05) is 50.8 Å². The molecule has 0 spiro atoms. The lowest BCUT2D eigenvalue weighted by Gasteiger charge is -2.36. The van der Waals surface area contributed by atoms with Crippen molar-refractivity contribution in [2.45, 2.75) is 19.8 Å². The van der Waals surface area contributed by atoms with Gasteiger partial charge < -0.3 is 9.64 Å². The summed E-state index contributed by atoms with van der Waals surface area (Å²) < 4.78 is 5.80. The van der Waals surface area contributed by atoms with Crippen LogP contribution in [0.3, 0.4) is 0 Å². The number of aryl methyl sites for hydroxylation is 1. The van der Waals surface area contributed by atoms with Gasteiger partial charge in [0.2, 0.25) is 0 Å². The Morgan fingerprint density at radius 3 is 2.32 bits per heavy atom. The molecule has 2 aromatic carbocycles. The molecule has 1 aliphatic heterocycles. The molecule has 1 saturated heterocycles. The highest BCUT2D eigenvalue weighted by atomic mass is 16.5. The van der Waals surface area contributed by atoms with Gasteiger partial charge in [0.15, 0.2) is 0 Å². The molecule has 0 N–H and O–H groups in total. The monoisotopic (exact) mass is 338 g/mol. The molecule has 3 nitrogen and oxygen atoms in total. The normalized spacial score (nSPS) is 15.5. The number of ether oxygens (including phenoxy) is 1. The van der Waals surface area contributed by atoms with Gasteiger partial charge in [0.1, 0.15) is 0 Å². The molecular formula is C22H30N2O. The zero-order chi connectivity index (χ0) is 17.3. The SMILES string of the molecule is Cc1ccccc1N1CCN(CCCOCCc2ccccc2)CC1. The molecule has 0 bridgehead atoms. The van der Waals surface area contributed by atoms with Crippen molar-refractivity contribution < 1.29 is 4.74 Å². The lowest BCUT2D eigenvalue weighted by atomic mass is 10.1. The van der Waals surface area contributed by atoms with Gasteiger partial charge in [-0.15, -0.1) is 0 Å². The molecule has 0 radical (unpaired) electrons. The van der Waals surface area contributed by atoms with Crippen LogP contribution in [0.4, 0.5) is 5.69 Å². The van der Waals surface area contributed by atoms with Crippen molar-refractivity contribution in [3.05, 3.63) is 65.7 Å². The molecule has 1 fully saturated rings. The Balaban J connectivity index is 1.28. The van der Waals surface area contributed by atoms with Gasteiger partial charge in [-0.2, -0.15) is 0 Å². The molecule has 1 aliphatic rings. The Bertz CT molecular complexity index is 621. The Morgan fingerprint density at radius 2 is 1.56 bits per heavy atom. The summed E-state index contributed by atoms with van der Waals surface area (Å²) in [6, 6.07) is 19.3. The number of hydrogen-bond acceptors (Lipinski definition) is 3. The third-order valence-corrected chi connectivity index (χ3v) is 4.97. The van der Waals surface area contributed by atoms with E-state index in [0.717, 1.165) is 58.8 Å². The zero-order valence-electron chi connectivity index (χ0n) is 15.4. The summed E-state index contributed by atoms with van der Waals surface area (Å²) in [6.45, 7) is 9.59. The van der Waals surface area contributed by atoms with Crippen LogP contribution >= 0.6 is 0 Å². The second-order valence-corrected chi connectivity index (χ2v) is 6.82. The van der Waals surface area contributed by atoms with E-state index in [2.05, 4.69) is 71.3 Å². The standard InChI is InChI=1S/C22H30N2O/c1-20-8-5-6-11-22(20)24-16-14-23(15-17-24)13-7-18-25-19-12-21-9-3-2-4-10-21/h2-6,8-11H,7,12-19H2,1H3. The smallest absolute Gasteiger partial charge is 0.0506 e. The lowest BCUT2D eigenvalue weighted by molar-refractivity contribution is 0.122. The molecule has 134 valence electrons. The quantitative estimate of drug-likeness (QED) is 0.682. The highest BCUT2D eigenvalue weighted by molar-refractivity contribution is 5.53. The Kier molecular flexibility index (Phi) is 6.89. The summed E-state index contributed by atoms with van der Waals surface area (Å²) in [4.78, 5) is 5.08. The third kappa shape index (κ3) is 5.58. The van der Waals surface area contributed by atoms with Crippen LogP contribution in [0, 0.1) is 6.92 Å². The highest BCUT2D eigenvalue weighted by Crippen LogP contribution is 2.20. The fraction of sp³-hybridized carbons (Fsp3) is 0.455. The van der Waals surface area contributed by atoms with E-state index in [1.165, 1.54) is 16.8 Å². The Hall–Kier alpha value is -1.84. The summed E-state index contributed by atoms with van der Waals surface area (Å²) in [7, 11) is 0. The Labute approximate surface area is 152 Å². The number of anilines is 1. The van der Waals surface area contributed by atoms with Crippen LogP contribution < -0.4 is 4.90 Å². The minimum absolute atomic E-state index is 0.824. The average molecular weight is 338 g/mol. The molecule has 2 aromatic rings. The van der Waals surface area contributed by atoms with Gasteiger partial charge in [0, 0.05) is 45.0 Å². The van der Waals surface area contributed by atoms with Crippen molar-refractivity contribution >= 4 is 5.69 Å².